The Kier molecular flexibility index (Phi) is 13.0. The fraction of sp³-hybridized carbons (Fsp3) is 0.0122. The number of hydrogen-bond donors (Lipinski definition) is 0. The van der Waals surface area contributed by atoms with Crippen molar-refractivity contribution in [1.82, 2.24) is 29.1 Å². The van der Waals surface area contributed by atoms with Gasteiger partial charge in [0.15, 0.2) is 0 Å². The maximum atomic E-state index is 10.5. The molecule has 89 heavy (non-hydrogen) atoms. The average molecular weight is 1140 g/mol. The number of fused-ring (bicyclic) bond motifs is 6. The summed E-state index contributed by atoms with van der Waals surface area (Å²) in [5, 5.41) is 15.0. The predicted octanol–water partition coefficient (Wildman–Crippen LogP) is 20.6. The Balaban J connectivity index is 0.984. The van der Waals surface area contributed by atoms with E-state index in [2.05, 4.69) is 259 Å². The van der Waals surface area contributed by atoms with Crippen molar-refractivity contribution >= 4 is 43.6 Å². The van der Waals surface area contributed by atoms with E-state index in [0.29, 0.717) is 5.56 Å². The van der Waals surface area contributed by atoms with Gasteiger partial charge >= 0.3 is 0 Å². The summed E-state index contributed by atoms with van der Waals surface area (Å²) < 4.78 is 4.96. The highest BCUT2D eigenvalue weighted by Crippen LogP contribution is 2.45. The van der Waals surface area contributed by atoms with Crippen LogP contribution in [-0.2, 0) is 0 Å². The second-order valence-electron chi connectivity index (χ2n) is 22.6. The minimum atomic E-state index is 0.585. The van der Waals surface area contributed by atoms with Crippen LogP contribution in [0.4, 0.5) is 0 Å². The Morgan fingerprint density at radius 3 is 0.955 bits per heavy atom. The van der Waals surface area contributed by atoms with Crippen molar-refractivity contribution in [3.8, 4) is 118 Å². The van der Waals surface area contributed by atoms with Gasteiger partial charge in [0.25, 0.3) is 0 Å². The van der Waals surface area contributed by atoms with Crippen molar-refractivity contribution in [2.24, 2.45) is 0 Å². The molecule has 0 atom stereocenters. The van der Waals surface area contributed by atoms with Crippen LogP contribution in [0, 0.1) is 18.3 Å². The van der Waals surface area contributed by atoms with Gasteiger partial charge in [-0.05, 0) is 154 Å². The van der Waals surface area contributed by atoms with Crippen molar-refractivity contribution in [3.63, 3.8) is 0 Å². The molecule has 10 aromatic carbocycles. The Labute approximate surface area is 515 Å². The van der Waals surface area contributed by atoms with Gasteiger partial charge in [-0.2, -0.15) is 5.26 Å². The van der Waals surface area contributed by atoms with Gasteiger partial charge in [-0.15, -0.1) is 0 Å². The van der Waals surface area contributed by atoms with Gasteiger partial charge in [0.1, 0.15) is 0 Å². The monoisotopic (exact) mass is 1140 g/mol. The molecule has 16 aromatic rings. The second-order valence-corrected chi connectivity index (χ2v) is 22.6. The van der Waals surface area contributed by atoms with Crippen molar-refractivity contribution in [2.75, 3.05) is 0 Å². The number of hydrogen-bond acceptors (Lipinski definition) is 5. The molecule has 416 valence electrons. The van der Waals surface area contributed by atoms with E-state index < -0.39 is 0 Å². The SMILES string of the molecule is Cc1c(-n2c3cc(-c4ccnc(-c5ccccc5)c4)ccc3c3ccc(-c4ccnc(-c5ccccc5)c4)cc32)ccc(-c2cccc(C#N)c2)c1-n1c2cc(-c3ccnc(-c4ccccc4)c3)ccc2c2ccc(-c3ccnc(-c4ccccc4)c3)cc21. The lowest BCUT2D eigenvalue weighted by Crippen LogP contribution is -2.06. The van der Waals surface area contributed by atoms with Gasteiger partial charge in [0.2, 0.25) is 0 Å². The number of aromatic nitrogens is 6. The lowest BCUT2D eigenvalue weighted by molar-refractivity contribution is 1.10. The molecule has 6 aromatic heterocycles. The first-order valence-electron chi connectivity index (χ1n) is 29.9. The summed E-state index contributed by atoms with van der Waals surface area (Å²) >= 11 is 0. The summed E-state index contributed by atoms with van der Waals surface area (Å²) in [6.07, 6.45) is 7.64. The molecule has 0 aliphatic heterocycles. The standard InChI is InChI=1S/C82H53N7/c1-53-77(88-78-48-59(63-35-39-84-73(44-63)55-16-6-2-7-17-55)25-29-69(78)70-30-26-60(49-79(70)88)64-36-40-85-74(45-64)56-18-8-3-9-19-56)34-33-68(67-24-14-15-54(43-67)52-83)82(53)89-80-50-61(65-37-41-86-75(46-65)57-20-10-4-11-21-57)27-31-71(80)72-32-28-62(51-81(72)89)66-38-42-87-76(47-66)58-22-12-5-13-23-58/h2-51H,1H3. The molecule has 0 radical (unpaired) electrons. The van der Waals surface area contributed by atoms with Crippen LogP contribution in [0.5, 0.6) is 0 Å². The Bertz CT molecular complexity index is 5170. The number of rotatable bonds is 11. The summed E-state index contributed by atoms with van der Waals surface area (Å²) in [4.78, 5) is 19.4. The number of nitrogens with zero attached hydrogens (tertiary/aromatic N) is 7. The third-order valence-corrected chi connectivity index (χ3v) is 17.4. The quantitative estimate of drug-likeness (QED) is 0.129. The van der Waals surface area contributed by atoms with Crippen LogP contribution in [-0.4, -0.2) is 29.1 Å². The molecule has 0 amide bonds. The fourth-order valence-corrected chi connectivity index (χ4v) is 13.0. The summed E-state index contributed by atoms with van der Waals surface area (Å²) in [7, 11) is 0. The van der Waals surface area contributed by atoms with Crippen LogP contribution in [0.3, 0.4) is 0 Å². The second kappa shape index (κ2) is 22.1. The van der Waals surface area contributed by atoms with E-state index in [1.54, 1.807) is 0 Å². The van der Waals surface area contributed by atoms with E-state index in [-0.39, 0.29) is 0 Å². The van der Waals surface area contributed by atoms with Crippen LogP contribution >= 0.6 is 0 Å². The minimum Gasteiger partial charge on any atom is -0.309 e. The lowest BCUT2D eigenvalue weighted by Gasteiger charge is -2.22. The predicted molar refractivity (Wildman–Crippen MR) is 365 cm³/mol. The molecular formula is C82H53N7. The smallest absolute Gasteiger partial charge is 0.0991 e. The molecule has 0 aliphatic rings. The highest BCUT2D eigenvalue weighted by molar-refractivity contribution is 6.14. The van der Waals surface area contributed by atoms with Gasteiger partial charge in [-0.1, -0.05) is 188 Å². The normalized spacial score (nSPS) is 11.4. The highest BCUT2D eigenvalue weighted by atomic mass is 15.0. The first-order valence-corrected chi connectivity index (χ1v) is 29.9. The van der Waals surface area contributed by atoms with E-state index in [1.807, 2.05) is 67.3 Å². The maximum absolute atomic E-state index is 10.5. The Morgan fingerprint density at radius 1 is 0.281 bits per heavy atom. The van der Waals surface area contributed by atoms with Crippen LogP contribution in [0.1, 0.15) is 11.1 Å². The summed E-state index contributed by atoms with van der Waals surface area (Å²) in [6.45, 7) is 2.27. The molecule has 0 saturated heterocycles. The van der Waals surface area contributed by atoms with E-state index in [1.165, 1.54) is 0 Å². The topological polar surface area (TPSA) is 85.2 Å². The maximum Gasteiger partial charge on any atom is 0.0991 e. The molecule has 16 rings (SSSR count). The molecule has 0 aliphatic carbocycles. The van der Waals surface area contributed by atoms with Gasteiger partial charge in [-0.3, -0.25) is 19.9 Å². The molecule has 0 fully saturated rings. The van der Waals surface area contributed by atoms with Crippen molar-refractivity contribution < 1.29 is 0 Å². The van der Waals surface area contributed by atoms with Gasteiger partial charge in [0.05, 0.1) is 67.8 Å². The third kappa shape index (κ3) is 9.50. The van der Waals surface area contributed by atoms with E-state index >= 15 is 0 Å². The number of pyridine rings is 4. The summed E-state index contributed by atoms with van der Waals surface area (Å²) in [5.74, 6) is 0. The molecule has 6 heterocycles. The third-order valence-electron chi connectivity index (χ3n) is 17.4. The first kappa shape index (κ1) is 52.4. The molecule has 0 unspecified atom stereocenters. The zero-order valence-electron chi connectivity index (χ0n) is 48.5. The molecular weight excluding hydrogens is 1080 g/mol. The number of nitriles is 1. The average Bonchev–Trinajstić information content (AvgIpc) is 1.77. The van der Waals surface area contributed by atoms with Crippen LogP contribution in [0.25, 0.3) is 156 Å². The van der Waals surface area contributed by atoms with Crippen molar-refractivity contribution in [2.45, 2.75) is 6.92 Å². The zero-order valence-corrected chi connectivity index (χ0v) is 48.5. The van der Waals surface area contributed by atoms with Gasteiger partial charge in [-0.25, -0.2) is 0 Å². The summed E-state index contributed by atoms with van der Waals surface area (Å²) in [5.41, 5.74) is 26.2. The summed E-state index contributed by atoms with van der Waals surface area (Å²) in [6, 6.07) is 101. The van der Waals surface area contributed by atoms with Crippen LogP contribution in [0.2, 0.25) is 0 Å². The lowest BCUT2D eigenvalue weighted by atomic mass is 9.96. The zero-order chi connectivity index (χ0) is 59.4. The molecule has 7 nitrogen and oxygen atoms in total. The van der Waals surface area contributed by atoms with E-state index in [0.717, 1.165) is 161 Å². The van der Waals surface area contributed by atoms with Gasteiger partial charge in [0, 0.05) is 74.1 Å². The van der Waals surface area contributed by atoms with E-state index in [4.69, 9.17) is 19.9 Å². The highest BCUT2D eigenvalue weighted by Gasteiger charge is 2.25. The largest absolute Gasteiger partial charge is 0.309 e. The molecule has 7 heteroatoms. The minimum absolute atomic E-state index is 0.585. The molecule has 0 bridgehead atoms. The van der Waals surface area contributed by atoms with Crippen molar-refractivity contribution in [3.05, 3.63) is 315 Å². The molecule has 0 N–H and O–H groups in total. The van der Waals surface area contributed by atoms with Gasteiger partial charge < -0.3 is 9.13 Å². The first-order chi connectivity index (χ1) is 44.0. The van der Waals surface area contributed by atoms with Crippen LogP contribution in [0.15, 0.2) is 304 Å². The Morgan fingerprint density at radius 2 is 0.607 bits per heavy atom. The van der Waals surface area contributed by atoms with E-state index in [9.17, 15) is 5.26 Å². The van der Waals surface area contributed by atoms with Crippen molar-refractivity contribution in [1.29, 1.82) is 5.26 Å². The molecule has 0 spiro atoms. The number of benzene rings is 10. The fourth-order valence-electron chi connectivity index (χ4n) is 13.0. The molecule has 0 saturated carbocycles. The van der Waals surface area contributed by atoms with Crippen LogP contribution < -0.4 is 0 Å². The Hall–Kier alpha value is -12.1.